The number of hydrogen-bond donors (Lipinski definition) is 3. The zero-order valence-corrected chi connectivity index (χ0v) is 12.0. The number of nitrogens with zero attached hydrogens (tertiary/aromatic N) is 1. The second-order valence-corrected chi connectivity index (χ2v) is 5.75. The zero-order valence-electron chi connectivity index (χ0n) is 11.2. The molecule has 0 amide bonds. The van der Waals surface area contributed by atoms with Crippen molar-refractivity contribution < 1.29 is 5.11 Å². The van der Waals surface area contributed by atoms with Gasteiger partial charge in [-0.15, -0.1) is 0 Å². The molecule has 1 aromatic heterocycles. The van der Waals surface area contributed by atoms with Gasteiger partial charge < -0.3 is 16.2 Å². The average Bonchev–Trinajstić information content (AvgIpc) is 2.37. The van der Waals surface area contributed by atoms with Gasteiger partial charge in [0.05, 0.1) is 16.8 Å². The highest BCUT2D eigenvalue weighted by molar-refractivity contribution is 7.98. The van der Waals surface area contributed by atoms with Crippen LogP contribution in [0.2, 0.25) is 0 Å². The molecule has 0 aliphatic rings. The summed E-state index contributed by atoms with van der Waals surface area (Å²) in [5.74, 6) is 0.686. The van der Waals surface area contributed by atoms with Gasteiger partial charge in [-0.3, -0.25) is 4.98 Å². The number of rotatable bonds is 5. The van der Waals surface area contributed by atoms with E-state index in [1.807, 2.05) is 37.4 Å². The molecule has 0 aliphatic heterocycles. The summed E-state index contributed by atoms with van der Waals surface area (Å²) in [6, 6.07) is 7.62. The standard InChI is InChI=1S/C14H19N3OS/c1-14(18,9-19-2)8-17-12-6-7-16-13-10(12)4-3-5-11(13)15/h3-7,18H,8-9,15H2,1-2H3,(H,16,17). The number of aliphatic hydroxyl groups is 1. The van der Waals surface area contributed by atoms with Crippen LogP contribution >= 0.6 is 11.8 Å². The molecule has 1 aromatic carbocycles. The molecule has 0 bridgehead atoms. The van der Waals surface area contributed by atoms with Crippen LogP contribution < -0.4 is 11.1 Å². The smallest absolute Gasteiger partial charge is 0.0951 e. The number of thioether (sulfide) groups is 1. The molecular formula is C14H19N3OS. The summed E-state index contributed by atoms with van der Waals surface area (Å²) in [5.41, 5.74) is 7.57. The summed E-state index contributed by atoms with van der Waals surface area (Å²) in [6.07, 6.45) is 3.71. The first-order valence-electron chi connectivity index (χ1n) is 6.12. The summed E-state index contributed by atoms with van der Waals surface area (Å²) < 4.78 is 0. The van der Waals surface area contributed by atoms with Crippen LogP contribution in [0.25, 0.3) is 10.9 Å². The van der Waals surface area contributed by atoms with Crippen LogP contribution in [0.4, 0.5) is 11.4 Å². The Labute approximate surface area is 117 Å². The molecule has 102 valence electrons. The third-order valence-electron chi connectivity index (χ3n) is 2.92. The molecule has 19 heavy (non-hydrogen) atoms. The van der Waals surface area contributed by atoms with Crippen molar-refractivity contribution in [2.45, 2.75) is 12.5 Å². The molecule has 1 unspecified atom stereocenters. The number of para-hydroxylation sites is 1. The number of fused-ring (bicyclic) bond motifs is 1. The molecule has 4 N–H and O–H groups in total. The molecule has 0 saturated carbocycles. The molecular weight excluding hydrogens is 258 g/mol. The molecule has 4 nitrogen and oxygen atoms in total. The molecule has 0 aliphatic carbocycles. The number of nitrogens with one attached hydrogen (secondary N) is 1. The highest BCUT2D eigenvalue weighted by Crippen LogP contribution is 2.26. The third kappa shape index (κ3) is 3.30. The lowest BCUT2D eigenvalue weighted by atomic mass is 10.1. The number of anilines is 2. The summed E-state index contributed by atoms with van der Waals surface area (Å²) in [4.78, 5) is 4.29. The van der Waals surface area contributed by atoms with Gasteiger partial charge in [-0.2, -0.15) is 11.8 Å². The minimum absolute atomic E-state index is 0.488. The molecule has 0 radical (unpaired) electrons. The Morgan fingerprint density at radius 1 is 1.42 bits per heavy atom. The quantitative estimate of drug-likeness (QED) is 0.732. The van der Waals surface area contributed by atoms with E-state index < -0.39 is 5.60 Å². The summed E-state index contributed by atoms with van der Waals surface area (Å²) >= 11 is 1.63. The van der Waals surface area contributed by atoms with Gasteiger partial charge in [0.1, 0.15) is 0 Å². The Bertz CT molecular complexity index is 572. The topological polar surface area (TPSA) is 71.2 Å². The minimum atomic E-state index is -0.741. The van der Waals surface area contributed by atoms with E-state index in [-0.39, 0.29) is 0 Å². The summed E-state index contributed by atoms with van der Waals surface area (Å²) in [7, 11) is 0. The van der Waals surface area contributed by atoms with Crippen molar-refractivity contribution in [1.82, 2.24) is 4.98 Å². The van der Waals surface area contributed by atoms with Crippen LogP contribution in [0.3, 0.4) is 0 Å². The van der Waals surface area contributed by atoms with Crippen molar-refractivity contribution in [2.75, 3.05) is 29.6 Å². The fraction of sp³-hybridized carbons (Fsp3) is 0.357. The molecule has 1 atom stereocenters. The van der Waals surface area contributed by atoms with E-state index in [9.17, 15) is 5.11 Å². The lowest BCUT2D eigenvalue weighted by Gasteiger charge is -2.23. The normalized spacial score (nSPS) is 14.3. The molecule has 2 aromatic rings. The second kappa shape index (κ2) is 5.67. The maximum absolute atomic E-state index is 10.2. The van der Waals surface area contributed by atoms with E-state index in [0.717, 1.165) is 16.6 Å². The van der Waals surface area contributed by atoms with E-state index in [1.54, 1.807) is 18.0 Å². The van der Waals surface area contributed by atoms with Crippen molar-refractivity contribution >= 4 is 34.0 Å². The number of nitrogen functional groups attached to an aromatic ring is 1. The van der Waals surface area contributed by atoms with Crippen molar-refractivity contribution in [2.24, 2.45) is 0 Å². The second-order valence-electron chi connectivity index (χ2n) is 4.89. The van der Waals surface area contributed by atoms with Gasteiger partial charge in [0.25, 0.3) is 0 Å². The lowest BCUT2D eigenvalue weighted by molar-refractivity contribution is 0.0997. The first-order chi connectivity index (χ1) is 9.03. The van der Waals surface area contributed by atoms with Crippen LogP contribution in [0.1, 0.15) is 6.92 Å². The first-order valence-corrected chi connectivity index (χ1v) is 7.51. The molecule has 2 rings (SSSR count). The molecule has 1 heterocycles. The third-order valence-corrected chi connectivity index (χ3v) is 3.83. The number of aromatic nitrogens is 1. The van der Waals surface area contributed by atoms with Crippen LogP contribution in [-0.4, -0.2) is 34.2 Å². The maximum atomic E-state index is 10.2. The van der Waals surface area contributed by atoms with E-state index in [4.69, 9.17) is 5.73 Å². The molecule has 5 heteroatoms. The fourth-order valence-corrected chi connectivity index (χ4v) is 2.72. The highest BCUT2D eigenvalue weighted by atomic mass is 32.2. The summed E-state index contributed by atoms with van der Waals surface area (Å²) in [5, 5.41) is 14.4. The van der Waals surface area contributed by atoms with Gasteiger partial charge in [0.15, 0.2) is 0 Å². The average molecular weight is 277 g/mol. The lowest BCUT2D eigenvalue weighted by Crippen LogP contribution is -2.36. The number of benzene rings is 1. The monoisotopic (exact) mass is 277 g/mol. The van der Waals surface area contributed by atoms with E-state index in [1.165, 1.54) is 0 Å². The predicted octanol–water partition coefficient (Wildman–Crippen LogP) is 2.34. The SMILES string of the molecule is CSCC(C)(O)CNc1ccnc2c(N)cccc12. The van der Waals surface area contributed by atoms with E-state index in [2.05, 4.69) is 10.3 Å². The number of hydrogen-bond acceptors (Lipinski definition) is 5. The van der Waals surface area contributed by atoms with Crippen molar-refractivity contribution in [3.05, 3.63) is 30.5 Å². The van der Waals surface area contributed by atoms with Crippen LogP contribution in [-0.2, 0) is 0 Å². The van der Waals surface area contributed by atoms with Gasteiger partial charge in [-0.1, -0.05) is 12.1 Å². The van der Waals surface area contributed by atoms with Crippen LogP contribution in [0.5, 0.6) is 0 Å². The van der Waals surface area contributed by atoms with Gasteiger partial charge >= 0.3 is 0 Å². The number of nitrogens with two attached hydrogens (primary N) is 1. The fourth-order valence-electron chi connectivity index (χ4n) is 2.00. The highest BCUT2D eigenvalue weighted by Gasteiger charge is 2.19. The van der Waals surface area contributed by atoms with Crippen molar-refractivity contribution in [3.8, 4) is 0 Å². The Morgan fingerprint density at radius 2 is 2.21 bits per heavy atom. The Kier molecular flexibility index (Phi) is 4.17. The summed E-state index contributed by atoms with van der Waals surface area (Å²) in [6.45, 7) is 2.32. The van der Waals surface area contributed by atoms with Crippen LogP contribution in [0.15, 0.2) is 30.5 Å². The van der Waals surface area contributed by atoms with Crippen LogP contribution in [0, 0.1) is 0 Å². The Morgan fingerprint density at radius 3 is 2.95 bits per heavy atom. The van der Waals surface area contributed by atoms with E-state index >= 15 is 0 Å². The van der Waals surface area contributed by atoms with Gasteiger partial charge in [-0.05, 0) is 25.3 Å². The van der Waals surface area contributed by atoms with Gasteiger partial charge in [0, 0.05) is 29.6 Å². The van der Waals surface area contributed by atoms with Crippen molar-refractivity contribution in [3.63, 3.8) is 0 Å². The van der Waals surface area contributed by atoms with Gasteiger partial charge in [0.2, 0.25) is 0 Å². The molecule has 0 spiro atoms. The Hall–Kier alpha value is -1.46. The van der Waals surface area contributed by atoms with E-state index in [0.29, 0.717) is 18.0 Å². The molecule has 0 fully saturated rings. The first kappa shape index (κ1) is 14.0. The van der Waals surface area contributed by atoms with Crippen molar-refractivity contribution in [1.29, 1.82) is 0 Å². The molecule has 0 saturated heterocycles. The maximum Gasteiger partial charge on any atom is 0.0951 e. The predicted molar refractivity (Wildman–Crippen MR) is 83.7 cm³/mol. The zero-order chi connectivity index (χ0) is 13.9. The Balaban J connectivity index is 2.24. The largest absolute Gasteiger partial charge is 0.397 e. The van der Waals surface area contributed by atoms with Gasteiger partial charge in [-0.25, -0.2) is 0 Å². The number of pyridine rings is 1. The minimum Gasteiger partial charge on any atom is -0.397 e.